The first kappa shape index (κ1) is 10.2. The Morgan fingerprint density at radius 3 is 2.67 bits per heavy atom. The third kappa shape index (κ3) is 2.02. The molecule has 0 amide bonds. The van der Waals surface area contributed by atoms with Crippen LogP contribution in [0.5, 0.6) is 0 Å². The molecule has 5 heteroatoms. The average molecular weight is 209 g/mol. The first-order valence-corrected chi connectivity index (χ1v) is 5.10. The maximum atomic E-state index is 11.2. The lowest BCUT2D eigenvalue weighted by Gasteiger charge is -2.14. The van der Waals surface area contributed by atoms with Crippen LogP contribution in [-0.2, 0) is 4.79 Å². The van der Waals surface area contributed by atoms with Crippen LogP contribution in [0.25, 0.3) is 0 Å². The van der Waals surface area contributed by atoms with Crippen LogP contribution in [0.1, 0.15) is 35.8 Å². The SMILES string of the molecule is Cc1n[nH]c(C)c1C(NC1CC1)C(=O)O. The van der Waals surface area contributed by atoms with E-state index in [-0.39, 0.29) is 0 Å². The standard InChI is InChI=1S/C10H15N3O2/c1-5-8(6(2)13-12-5)9(10(14)15)11-7-3-4-7/h7,9,11H,3-4H2,1-2H3,(H,12,13)(H,14,15). The summed E-state index contributed by atoms with van der Waals surface area (Å²) in [5.74, 6) is -0.838. The van der Waals surface area contributed by atoms with E-state index in [1.165, 1.54) is 0 Å². The quantitative estimate of drug-likeness (QED) is 0.688. The molecule has 0 aromatic carbocycles. The van der Waals surface area contributed by atoms with Crippen molar-refractivity contribution in [1.82, 2.24) is 15.5 Å². The van der Waals surface area contributed by atoms with Crippen molar-refractivity contribution >= 4 is 5.97 Å². The number of aryl methyl sites for hydroxylation is 2. The number of H-pyrrole nitrogens is 1. The molecule has 1 atom stereocenters. The van der Waals surface area contributed by atoms with Crippen molar-refractivity contribution < 1.29 is 9.90 Å². The molecule has 0 saturated heterocycles. The van der Waals surface area contributed by atoms with Crippen LogP contribution in [-0.4, -0.2) is 27.3 Å². The Kier molecular flexibility index (Phi) is 2.48. The minimum absolute atomic E-state index is 0.361. The predicted molar refractivity (Wildman–Crippen MR) is 54.6 cm³/mol. The van der Waals surface area contributed by atoms with Crippen LogP contribution < -0.4 is 5.32 Å². The first-order chi connectivity index (χ1) is 7.09. The smallest absolute Gasteiger partial charge is 0.325 e. The van der Waals surface area contributed by atoms with Gasteiger partial charge in [0.05, 0.1) is 5.69 Å². The van der Waals surface area contributed by atoms with Crippen LogP contribution >= 0.6 is 0 Å². The zero-order valence-electron chi connectivity index (χ0n) is 8.87. The molecule has 5 nitrogen and oxygen atoms in total. The summed E-state index contributed by atoms with van der Waals surface area (Å²) >= 11 is 0. The summed E-state index contributed by atoms with van der Waals surface area (Å²) < 4.78 is 0. The van der Waals surface area contributed by atoms with Crippen molar-refractivity contribution in [1.29, 1.82) is 0 Å². The van der Waals surface area contributed by atoms with Gasteiger partial charge in [-0.25, -0.2) is 0 Å². The highest BCUT2D eigenvalue weighted by Gasteiger charge is 2.31. The van der Waals surface area contributed by atoms with E-state index in [0.717, 1.165) is 29.8 Å². The molecule has 1 aliphatic rings. The van der Waals surface area contributed by atoms with E-state index in [1.807, 2.05) is 13.8 Å². The Bertz CT molecular complexity index is 363. The second-order valence-electron chi connectivity index (χ2n) is 4.06. The number of aromatic amines is 1. The van der Waals surface area contributed by atoms with Crippen LogP contribution in [0.15, 0.2) is 0 Å². The molecule has 1 aliphatic carbocycles. The van der Waals surface area contributed by atoms with Crippen molar-refractivity contribution in [2.45, 2.75) is 38.8 Å². The number of carboxylic acids is 1. The van der Waals surface area contributed by atoms with Crippen molar-refractivity contribution in [3.05, 3.63) is 17.0 Å². The summed E-state index contributed by atoms with van der Waals surface area (Å²) in [6, 6.07) is -0.268. The van der Waals surface area contributed by atoms with E-state index >= 15 is 0 Å². The van der Waals surface area contributed by atoms with E-state index in [1.54, 1.807) is 0 Å². The maximum absolute atomic E-state index is 11.2. The molecule has 1 heterocycles. The van der Waals surface area contributed by atoms with Gasteiger partial charge in [-0.3, -0.25) is 15.2 Å². The van der Waals surface area contributed by atoms with Gasteiger partial charge in [-0.15, -0.1) is 0 Å². The van der Waals surface area contributed by atoms with Gasteiger partial charge in [0.2, 0.25) is 0 Å². The molecule has 1 aromatic heterocycles. The average Bonchev–Trinajstić information content (AvgIpc) is 2.92. The Labute approximate surface area is 87.9 Å². The number of rotatable bonds is 4. The maximum Gasteiger partial charge on any atom is 0.325 e. The van der Waals surface area contributed by atoms with Gasteiger partial charge in [0.25, 0.3) is 0 Å². The normalized spacial score (nSPS) is 17.7. The monoisotopic (exact) mass is 209 g/mol. The van der Waals surface area contributed by atoms with Crippen molar-refractivity contribution in [2.24, 2.45) is 0 Å². The molecule has 0 aliphatic heterocycles. The van der Waals surface area contributed by atoms with E-state index in [0.29, 0.717) is 6.04 Å². The van der Waals surface area contributed by atoms with Crippen LogP contribution in [0.2, 0.25) is 0 Å². The molecule has 1 fully saturated rings. The summed E-state index contributed by atoms with van der Waals surface area (Å²) in [4.78, 5) is 11.2. The van der Waals surface area contributed by atoms with Gasteiger partial charge in [0.1, 0.15) is 6.04 Å². The highest BCUT2D eigenvalue weighted by molar-refractivity contribution is 5.76. The molecule has 82 valence electrons. The molecule has 0 radical (unpaired) electrons. The molecular weight excluding hydrogens is 194 g/mol. The van der Waals surface area contributed by atoms with Crippen LogP contribution in [0.3, 0.4) is 0 Å². The molecular formula is C10H15N3O2. The molecule has 0 bridgehead atoms. The lowest BCUT2D eigenvalue weighted by atomic mass is 10.1. The third-order valence-corrected chi connectivity index (χ3v) is 2.70. The summed E-state index contributed by atoms with van der Waals surface area (Å²) in [6.45, 7) is 3.67. The fourth-order valence-corrected chi connectivity index (χ4v) is 1.75. The third-order valence-electron chi connectivity index (χ3n) is 2.70. The summed E-state index contributed by atoms with van der Waals surface area (Å²) in [6.07, 6.45) is 2.14. The lowest BCUT2D eigenvalue weighted by Crippen LogP contribution is -2.30. The first-order valence-electron chi connectivity index (χ1n) is 5.10. The summed E-state index contributed by atoms with van der Waals surface area (Å²) in [5.41, 5.74) is 2.36. The van der Waals surface area contributed by atoms with Gasteiger partial charge < -0.3 is 5.11 Å². The number of hydrogen-bond donors (Lipinski definition) is 3. The van der Waals surface area contributed by atoms with E-state index < -0.39 is 12.0 Å². The van der Waals surface area contributed by atoms with Crippen LogP contribution in [0, 0.1) is 13.8 Å². The van der Waals surface area contributed by atoms with Crippen molar-refractivity contribution in [3.63, 3.8) is 0 Å². The molecule has 1 aromatic rings. The molecule has 15 heavy (non-hydrogen) atoms. The number of nitrogens with zero attached hydrogens (tertiary/aromatic N) is 1. The van der Waals surface area contributed by atoms with Gasteiger partial charge >= 0.3 is 5.97 Å². The number of aliphatic carboxylic acids is 1. The van der Waals surface area contributed by atoms with E-state index in [9.17, 15) is 4.79 Å². The number of aromatic nitrogens is 2. The Balaban J connectivity index is 2.26. The Morgan fingerprint density at radius 1 is 1.60 bits per heavy atom. The second-order valence-corrected chi connectivity index (χ2v) is 4.06. The van der Waals surface area contributed by atoms with Crippen molar-refractivity contribution in [3.8, 4) is 0 Å². The second kappa shape index (κ2) is 3.66. The zero-order valence-corrected chi connectivity index (χ0v) is 8.87. The Morgan fingerprint density at radius 2 is 2.27 bits per heavy atom. The number of carbonyl (C=O) groups is 1. The van der Waals surface area contributed by atoms with Gasteiger partial charge in [-0.05, 0) is 26.7 Å². The molecule has 0 spiro atoms. The predicted octanol–water partition coefficient (Wildman–Crippen LogP) is 0.904. The summed E-state index contributed by atoms with van der Waals surface area (Å²) in [7, 11) is 0. The largest absolute Gasteiger partial charge is 0.480 e. The lowest BCUT2D eigenvalue weighted by molar-refractivity contribution is -0.139. The molecule has 1 saturated carbocycles. The Hall–Kier alpha value is -1.36. The fourth-order valence-electron chi connectivity index (χ4n) is 1.75. The highest BCUT2D eigenvalue weighted by Crippen LogP contribution is 2.26. The van der Waals surface area contributed by atoms with E-state index in [4.69, 9.17) is 5.11 Å². The van der Waals surface area contributed by atoms with Gasteiger partial charge in [0.15, 0.2) is 0 Å². The van der Waals surface area contributed by atoms with Gasteiger partial charge in [0, 0.05) is 17.3 Å². The van der Waals surface area contributed by atoms with Crippen molar-refractivity contribution in [2.75, 3.05) is 0 Å². The number of nitrogens with one attached hydrogen (secondary N) is 2. The zero-order chi connectivity index (χ0) is 11.0. The fraction of sp³-hybridized carbons (Fsp3) is 0.600. The minimum atomic E-state index is -0.838. The van der Waals surface area contributed by atoms with Gasteiger partial charge in [-0.1, -0.05) is 0 Å². The van der Waals surface area contributed by atoms with Gasteiger partial charge in [-0.2, -0.15) is 5.10 Å². The summed E-state index contributed by atoms with van der Waals surface area (Å²) in [5, 5.41) is 19.1. The molecule has 1 unspecified atom stereocenters. The minimum Gasteiger partial charge on any atom is -0.480 e. The van der Waals surface area contributed by atoms with Crippen LogP contribution in [0.4, 0.5) is 0 Å². The number of hydrogen-bond acceptors (Lipinski definition) is 3. The molecule has 2 rings (SSSR count). The topological polar surface area (TPSA) is 78.0 Å². The molecule has 3 N–H and O–H groups in total. The van der Waals surface area contributed by atoms with E-state index in [2.05, 4.69) is 15.5 Å². The highest BCUT2D eigenvalue weighted by atomic mass is 16.4. The number of carboxylic acid groups (broad SMARTS) is 1.